The van der Waals surface area contributed by atoms with E-state index in [2.05, 4.69) is 10.3 Å². The molecule has 0 saturated carbocycles. The Morgan fingerprint density at radius 2 is 1.97 bits per heavy atom. The number of allylic oxidation sites excluding steroid dienone is 2. The fraction of sp³-hybridized carbons (Fsp3) is 0.464. The van der Waals surface area contributed by atoms with E-state index in [0.717, 1.165) is 6.26 Å². The summed E-state index contributed by atoms with van der Waals surface area (Å²) >= 11 is 1.78. The van der Waals surface area contributed by atoms with E-state index in [1.54, 1.807) is 59.9 Å². The second kappa shape index (κ2) is 13.3. The van der Waals surface area contributed by atoms with Crippen LogP contribution >= 0.6 is 22.6 Å². The molecule has 0 aromatic carbocycles. The maximum absolute atomic E-state index is 13.2. The molecule has 0 aliphatic carbocycles. The number of alkyl halides is 1. The van der Waals surface area contributed by atoms with Crippen molar-refractivity contribution in [2.24, 2.45) is 11.8 Å². The molecule has 1 aromatic heterocycles. The average Bonchev–Trinajstić information content (AvgIpc) is 3.51. The number of oxazole rings is 1. The van der Waals surface area contributed by atoms with Crippen molar-refractivity contribution in [3.63, 3.8) is 0 Å². The number of nitrogens with zero attached hydrogens (tertiary/aromatic N) is 2. The van der Waals surface area contributed by atoms with Crippen molar-refractivity contribution in [1.82, 2.24) is 15.2 Å². The summed E-state index contributed by atoms with van der Waals surface area (Å²) < 4.78 is 9.73. The lowest BCUT2D eigenvalue weighted by molar-refractivity contribution is -0.149. The summed E-state index contributed by atoms with van der Waals surface area (Å²) in [5.74, 6) is -2.12. The summed E-state index contributed by atoms with van der Waals surface area (Å²) in [6, 6.07) is 0. The number of halogens is 1. The quantitative estimate of drug-likeness (QED) is 0.268. The van der Waals surface area contributed by atoms with Crippen LogP contribution in [0.1, 0.15) is 56.9 Å². The molecule has 0 radical (unpaired) electrons. The number of rotatable bonds is 1. The molecule has 1 unspecified atom stereocenters. The largest absolute Gasteiger partial charge is 0.457 e. The highest BCUT2D eigenvalue weighted by atomic mass is 127. The Labute approximate surface area is 241 Å². The van der Waals surface area contributed by atoms with E-state index in [0.29, 0.717) is 12.0 Å². The third-order valence-electron chi connectivity index (χ3n) is 6.19. The lowest BCUT2D eigenvalue weighted by Gasteiger charge is -2.27. The number of ether oxygens (including phenoxy) is 1. The summed E-state index contributed by atoms with van der Waals surface area (Å²) in [6.45, 7) is 7.98. The molecule has 1 aromatic rings. The molecule has 0 fully saturated rings. The van der Waals surface area contributed by atoms with Crippen LogP contribution in [-0.2, 0) is 25.5 Å². The van der Waals surface area contributed by atoms with Gasteiger partial charge < -0.3 is 24.5 Å². The number of Topliss-reactive ketones (excluding diaryl/α,β-unsaturated/α-hetero) is 1. The van der Waals surface area contributed by atoms with E-state index in [1.165, 1.54) is 11.0 Å². The maximum atomic E-state index is 13.2. The number of hydrogen-bond donors (Lipinski definition) is 2. The molecule has 210 valence electrons. The van der Waals surface area contributed by atoms with Crippen molar-refractivity contribution in [1.29, 1.82) is 0 Å². The summed E-state index contributed by atoms with van der Waals surface area (Å²) in [6.07, 6.45) is 10.4. The van der Waals surface area contributed by atoms with Crippen LogP contribution in [0.15, 0.2) is 58.4 Å². The molecule has 3 heterocycles. The van der Waals surface area contributed by atoms with Crippen molar-refractivity contribution in [2.75, 3.05) is 13.1 Å². The molecule has 2 N–H and O–H groups in total. The highest BCUT2D eigenvalue weighted by molar-refractivity contribution is 14.1. The normalized spacial score (nSPS) is 29.2. The molecule has 11 heteroatoms. The maximum Gasteiger partial charge on any atom is 0.355 e. The van der Waals surface area contributed by atoms with Crippen LogP contribution in [0.3, 0.4) is 0 Å². The lowest BCUT2D eigenvalue weighted by atomic mass is 9.94. The molecule has 39 heavy (non-hydrogen) atoms. The zero-order valence-corrected chi connectivity index (χ0v) is 24.6. The number of nitrogens with one attached hydrogen (secondary N) is 1. The molecule has 2 aliphatic heterocycles. The SMILES string of the molecule is CC1=C\[C@](O)(I)CC(=O)Cc2nc(co2)C(=O)N2CCC=C2C(=O)O[C@H](C(C)C)C(C)/C=C/C(=O)NC\C=C\1. The first kappa shape index (κ1) is 30.5. The van der Waals surface area contributed by atoms with Gasteiger partial charge >= 0.3 is 5.97 Å². The zero-order valence-electron chi connectivity index (χ0n) is 22.5. The van der Waals surface area contributed by atoms with Gasteiger partial charge in [0.25, 0.3) is 5.91 Å². The highest BCUT2D eigenvalue weighted by Gasteiger charge is 2.34. The standard InChI is InChI=1S/C28H34IN3O7/c1-17(2)25-19(4)9-10-23(34)30-11-5-7-18(3)14-28(29,37)15-20(33)13-24-31-21(16-38-24)26(35)32-12-6-8-22(32)27(36)39-25/h5,7-10,14,16-17,19,25,37H,6,11-13,15H2,1-4H3,(H,30,34)/b7-5+,10-9+,18-14+/t19?,25-,28-/m1/s1. The van der Waals surface area contributed by atoms with Crippen molar-refractivity contribution >= 4 is 46.2 Å². The molecule has 10 nitrogen and oxygen atoms in total. The Bertz CT molecular complexity index is 1230. The number of amides is 2. The Hall–Kier alpha value is -3.06. The molecule has 0 spiro atoms. The van der Waals surface area contributed by atoms with Gasteiger partial charge in [0.05, 0.1) is 6.42 Å². The third kappa shape index (κ3) is 8.72. The number of carbonyl (C=O) groups is 4. The number of aliphatic hydroxyl groups is 1. The van der Waals surface area contributed by atoms with E-state index in [4.69, 9.17) is 9.15 Å². The van der Waals surface area contributed by atoms with Crippen molar-refractivity contribution in [3.8, 4) is 0 Å². The summed E-state index contributed by atoms with van der Waals surface area (Å²) in [5.41, 5.74) is 0.782. The molecule has 0 saturated heterocycles. The van der Waals surface area contributed by atoms with E-state index in [-0.39, 0.29) is 66.7 Å². The first-order valence-electron chi connectivity index (χ1n) is 12.8. The van der Waals surface area contributed by atoms with Crippen LogP contribution in [0.4, 0.5) is 0 Å². The van der Waals surface area contributed by atoms with Crippen molar-refractivity contribution in [3.05, 3.63) is 65.6 Å². The van der Waals surface area contributed by atoms with Crippen LogP contribution in [0.5, 0.6) is 0 Å². The second-order valence-corrected chi connectivity index (χ2v) is 11.9. The highest BCUT2D eigenvalue weighted by Crippen LogP contribution is 2.26. The van der Waals surface area contributed by atoms with Gasteiger partial charge in [-0.3, -0.25) is 14.4 Å². The first-order valence-corrected chi connectivity index (χ1v) is 13.9. The summed E-state index contributed by atoms with van der Waals surface area (Å²) in [4.78, 5) is 56.7. The minimum Gasteiger partial charge on any atom is -0.457 e. The molecule has 3 atom stereocenters. The predicted molar refractivity (Wildman–Crippen MR) is 151 cm³/mol. The van der Waals surface area contributed by atoms with E-state index in [9.17, 15) is 24.3 Å². The van der Waals surface area contributed by atoms with E-state index in [1.807, 2.05) is 20.8 Å². The molecule has 2 bridgehead atoms. The minimum atomic E-state index is -1.45. The van der Waals surface area contributed by atoms with Crippen LogP contribution < -0.4 is 5.32 Å². The molecule has 2 amide bonds. The minimum absolute atomic E-state index is 0.0369. The zero-order chi connectivity index (χ0) is 28.7. The lowest BCUT2D eigenvalue weighted by Crippen LogP contribution is -2.36. The number of aromatic nitrogens is 1. The fourth-order valence-electron chi connectivity index (χ4n) is 4.40. The van der Waals surface area contributed by atoms with Gasteiger partial charge in [-0.2, -0.15) is 0 Å². The van der Waals surface area contributed by atoms with Gasteiger partial charge in [-0.1, -0.05) is 50.6 Å². The summed E-state index contributed by atoms with van der Waals surface area (Å²) in [5, 5.41) is 13.4. The summed E-state index contributed by atoms with van der Waals surface area (Å²) in [7, 11) is 0. The molecule has 3 rings (SSSR count). The van der Waals surface area contributed by atoms with E-state index < -0.39 is 21.6 Å². The number of cyclic esters (lactones) is 1. The second-order valence-electron chi connectivity index (χ2n) is 10.0. The monoisotopic (exact) mass is 651 g/mol. The van der Waals surface area contributed by atoms with Gasteiger partial charge in [0, 0.05) is 25.4 Å². The van der Waals surface area contributed by atoms with Gasteiger partial charge in [-0.25, -0.2) is 9.78 Å². The van der Waals surface area contributed by atoms with Crippen molar-refractivity contribution in [2.45, 2.75) is 56.7 Å². The first-order chi connectivity index (χ1) is 18.4. The van der Waals surface area contributed by atoms with Crippen LogP contribution in [-0.4, -0.2) is 61.4 Å². The Morgan fingerprint density at radius 1 is 1.23 bits per heavy atom. The van der Waals surface area contributed by atoms with Gasteiger partial charge in [0.15, 0.2) is 5.69 Å². The fourth-order valence-corrected chi connectivity index (χ4v) is 5.31. The van der Waals surface area contributed by atoms with Gasteiger partial charge in [-0.05, 0) is 54.0 Å². The van der Waals surface area contributed by atoms with Crippen LogP contribution in [0, 0.1) is 11.8 Å². The Balaban J connectivity index is 1.89. The third-order valence-corrected chi connectivity index (χ3v) is 6.89. The average molecular weight is 651 g/mol. The Morgan fingerprint density at radius 3 is 2.69 bits per heavy atom. The molecular formula is C28H34IN3O7. The molecule has 2 aliphatic rings. The molecular weight excluding hydrogens is 617 g/mol. The number of hydrogen-bond acceptors (Lipinski definition) is 8. The van der Waals surface area contributed by atoms with Crippen LogP contribution in [0.2, 0.25) is 0 Å². The van der Waals surface area contributed by atoms with Gasteiger partial charge in [0.1, 0.15) is 27.5 Å². The number of esters is 1. The van der Waals surface area contributed by atoms with E-state index >= 15 is 0 Å². The predicted octanol–water partition coefficient (Wildman–Crippen LogP) is 3.42. The topological polar surface area (TPSA) is 139 Å². The number of ketones is 1. The smallest absolute Gasteiger partial charge is 0.355 e. The number of fused-ring (bicyclic) bond motifs is 3. The Kier molecular flexibility index (Phi) is 10.4. The van der Waals surface area contributed by atoms with Gasteiger partial charge in [-0.15, -0.1) is 0 Å². The van der Waals surface area contributed by atoms with Gasteiger partial charge in [0.2, 0.25) is 11.8 Å². The number of carbonyl (C=O) groups excluding carboxylic acids is 4. The van der Waals surface area contributed by atoms with Crippen molar-refractivity contribution < 1.29 is 33.4 Å². The van der Waals surface area contributed by atoms with Crippen LogP contribution in [0.25, 0.3) is 0 Å².